The first-order chi connectivity index (χ1) is 6.62. The molecule has 1 rings (SSSR count). The van der Waals surface area contributed by atoms with Crippen LogP contribution in [-0.4, -0.2) is 6.98 Å². The average molecular weight is 286 g/mol. The molecule has 84 valence electrons. The molecule has 0 radical (unpaired) electrons. The molecule has 0 aliphatic heterocycles. The van der Waals surface area contributed by atoms with Crippen LogP contribution in [0.1, 0.15) is 5.56 Å². The predicted molar refractivity (Wildman–Crippen MR) is 45.2 cm³/mol. The van der Waals surface area contributed by atoms with E-state index in [4.69, 9.17) is 11.6 Å². The van der Waals surface area contributed by atoms with Crippen molar-refractivity contribution in [3.63, 3.8) is 0 Å². The van der Waals surface area contributed by atoms with Crippen molar-refractivity contribution in [1.29, 1.82) is 0 Å². The summed E-state index contributed by atoms with van der Waals surface area (Å²) in [4.78, 5) is 0. The Morgan fingerprint density at radius 3 is 1.88 bits per heavy atom. The van der Waals surface area contributed by atoms with Crippen LogP contribution in [-0.2, 0) is 6.18 Å². The third-order valence-electron chi connectivity index (χ3n) is 1.68. The van der Waals surface area contributed by atoms with Crippen molar-refractivity contribution in [2.24, 2.45) is 0 Å². The number of halogens is 7. The molecule has 0 saturated carbocycles. The van der Waals surface area contributed by atoms with E-state index in [0.29, 0.717) is 12.1 Å². The molecule has 0 aliphatic carbocycles. The zero-order valence-electron chi connectivity index (χ0n) is 7.96. The molecule has 0 heterocycles. The maximum atomic E-state index is 12.1. The van der Waals surface area contributed by atoms with Crippen LogP contribution in [0.2, 0.25) is 5.02 Å². The van der Waals surface area contributed by atoms with Gasteiger partial charge in [0.15, 0.2) is 0 Å². The Morgan fingerprint density at radius 1 is 1.06 bits per heavy atom. The van der Waals surface area contributed by atoms with Crippen LogP contribution in [0.25, 0.3) is 0 Å². The molecule has 0 N–H and O–H groups in total. The molecule has 0 atom stereocenters. The van der Waals surface area contributed by atoms with Gasteiger partial charge < -0.3 is 12.9 Å². The fraction of sp³-hybridized carbons (Fsp3) is 0.143. The Morgan fingerprint density at radius 2 is 1.56 bits per heavy atom. The summed E-state index contributed by atoms with van der Waals surface area (Å²) in [6.45, 7) is -5.33. The van der Waals surface area contributed by atoms with Gasteiger partial charge in [0.1, 0.15) is 0 Å². The van der Waals surface area contributed by atoms with E-state index in [-0.39, 0.29) is 57.5 Å². The summed E-state index contributed by atoms with van der Waals surface area (Å²) in [5.74, 6) is 0. The molecule has 0 spiro atoms. The topological polar surface area (TPSA) is 0 Å². The fourth-order valence-electron chi connectivity index (χ4n) is 0.965. The van der Waals surface area contributed by atoms with Crippen LogP contribution in [0.15, 0.2) is 18.2 Å². The van der Waals surface area contributed by atoms with E-state index in [1.165, 1.54) is 0 Å². The second-order valence-corrected chi connectivity index (χ2v) is 3.22. The molecular weight excluding hydrogens is 283 g/mol. The number of hydrogen-bond donors (Lipinski definition) is 0. The summed E-state index contributed by atoms with van der Waals surface area (Å²) in [6.07, 6.45) is -4.74. The van der Waals surface area contributed by atoms with Crippen molar-refractivity contribution in [3.8, 4) is 0 Å². The Kier molecular flexibility index (Phi) is 5.90. The zero-order valence-corrected chi connectivity index (χ0v) is 11.8. The molecule has 0 amide bonds. The number of alkyl halides is 3. The van der Waals surface area contributed by atoms with Crippen LogP contribution in [0, 0.1) is 0 Å². The zero-order chi connectivity index (χ0) is 11.9. The maximum absolute atomic E-state index is 12.1. The molecule has 16 heavy (non-hydrogen) atoms. The van der Waals surface area contributed by atoms with Gasteiger partial charge in [-0.05, 0) is 0 Å². The Bertz CT molecular complexity index is 374. The summed E-state index contributed by atoms with van der Waals surface area (Å²) in [5.41, 5.74) is -2.42. The number of rotatable bonds is 1. The van der Waals surface area contributed by atoms with Crippen molar-refractivity contribution in [2.45, 2.75) is 6.18 Å². The monoisotopic (exact) mass is 286 g/mol. The minimum Gasteiger partial charge on any atom is -0.445 e. The second kappa shape index (κ2) is 5.62. The van der Waals surface area contributed by atoms with E-state index in [1.54, 1.807) is 0 Å². The molecule has 1 aromatic carbocycles. The minimum atomic E-state index is -5.33. The van der Waals surface area contributed by atoms with Gasteiger partial charge in [0, 0.05) is 5.02 Å². The van der Waals surface area contributed by atoms with E-state index < -0.39 is 29.2 Å². The maximum Gasteiger partial charge on any atom is 1.00 e. The first-order valence-corrected chi connectivity index (χ1v) is 4.07. The smallest absolute Gasteiger partial charge is 0.445 e. The standard InChI is InChI=1S/C7H3BClF6.K/c9-6-3-4(8(13,14)15)1-2-5(6)7(10,11)12;/h1-3H;/q-1;+1. The van der Waals surface area contributed by atoms with E-state index in [9.17, 15) is 26.1 Å². The van der Waals surface area contributed by atoms with Crippen molar-refractivity contribution >= 4 is 24.0 Å². The van der Waals surface area contributed by atoms with Crippen LogP contribution in [0.3, 0.4) is 0 Å². The molecular formula is C7H3BClF6K. The first-order valence-electron chi connectivity index (χ1n) is 3.69. The molecule has 0 saturated heterocycles. The van der Waals surface area contributed by atoms with Crippen molar-refractivity contribution in [2.75, 3.05) is 0 Å². The van der Waals surface area contributed by atoms with Crippen molar-refractivity contribution < 1.29 is 77.5 Å². The Balaban J connectivity index is 0.00000225. The van der Waals surface area contributed by atoms with Gasteiger partial charge in [0.2, 0.25) is 0 Å². The molecule has 0 unspecified atom stereocenters. The van der Waals surface area contributed by atoms with E-state index in [2.05, 4.69) is 0 Å². The summed E-state index contributed by atoms with van der Waals surface area (Å²) in [7, 11) is 0. The molecule has 1 aromatic rings. The van der Waals surface area contributed by atoms with E-state index in [1.807, 2.05) is 0 Å². The minimum absolute atomic E-state index is 0. The number of benzene rings is 1. The summed E-state index contributed by atoms with van der Waals surface area (Å²) in [5, 5.41) is -0.945. The average Bonchev–Trinajstić information content (AvgIpc) is 1.99. The Hall–Kier alpha value is 0.791. The summed E-state index contributed by atoms with van der Waals surface area (Å²) >= 11 is 5.11. The molecule has 0 bridgehead atoms. The van der Waals surface area contributed by atoms with Gasteiger partial charge in [-0.25, -0.2) is 0 Å². The van der Waals surface area contributed by atoms with Gasteiger partial charge in [0.05, 0.1) is 5.56 Å². The van der Waals surface area contributed by atoms with E-state index >= 15 is 0 Å². The molecule has 0 nitrogen and oxygen atoms in total. The van der Waals surface area contributed by atoms with Gasteiger partial charge >= 0.3 is 64.5 Å². The fourth-order valence-corrected chi connectivity index (χ4v) is 1.26. The predicted octanol–water partition coefficient (Wildman–Crippen LogP) is 0.417. The van der Waals surface area contributed by atoms with Gasteiger partial charge in [-0.2, -0.15) is 13.2 Å². The third-order valence-corrected chi connectivity index (χ3v) is 1.99. The van der Waals surface area contributed by atoms with Gasteiger partial charge in [-0.1, -0.05) is 29.8 Å². The van der Waals surface area contributed by atoms with Crippen molar-refractivity contribution in [1.82, 2.24) is 0 Å². The third kappa shape index (κ3) is 4.23. The molecule has 0 aromatic heterocycles. The first kappa shape index (κ1) is 16.8. The van der Waals surface area contributed by atoms with Gasteiger partial charge in [-0.3, -0.25) is 0 Å². The molecule has 0 aliphatic rings. The summed E-state index contributed by atoms with van der Waals surface area (Å²) < 4.78 is 72.7. The number of hydrogen-bond acceptors (Lipinski definition) is 0. The normalized spacial score (nSPS) is 12.2. The van der Waals surface area contributed by atoms with Crippen LogP contribution in [0.4, 0.5) is 26.1 Å². The van der Waals surface area contributed by atoms with Gasteiger partial charge in [0.25, 0.3) is 0 Å². The Labute approximate surface area is 135 Å². The van der Waals surface area contributed by atoms with Crippen molar-refractivity contribution in [3.05, 3.63) is 28.8 Å². The quantitative estimate of drug-likeness (QED) is 0.518. The van der Waals surface area contributed by atoms with Gasteiger partial charge in [-0.15, -0.1) is 5.46 Å². The van der Waals surface area contributed by atoms with Crippen LogP contribution < -0.4 is 56.8 Å². The van der Waals surface area contributed by atoms with E-state index in [0.717, 1.165) is 0 Å². The largest absolute Gasteiger partial charge is 1.00 e. The second-order valence-electron chi connectivity index (χ2n) is 2.81. The molecule has 0 fully saturated rings. The SMILES string of the molecule is F[B-](F)(F)c1ccc(C(F)(F)F)c(Cl)c1.[K+]. The van der Waals surface area contributed by atoms with Crippen LogP contribution >= 0.6 is 11.6 Å². The van der Waals surface area contributed by atoms with Crippen LogP contribution in [0.5, 0.6) is 0 Å². The summed E-state index contributed by atoms with van der Waals surface area (Å²) in [6, 6.07) is 0.978. The molecule has 9 heteroatoms.